The third-order valence-corrected chi connectivity index (χ3v) is 2.48. The summed E-state index contributed by atoms with van der Waals surface area (Å²) < 4.78 is 5.64. The predicted molar refractivity (Wildman–Crippen MR) is 67.8 cm³/mol. The monoisotopic (exact) mass is 237 g/mol. The Balaban J connectivity index is 2.36. The Hall–Kier alpha value is -2.60. The summed E-state index contributed by atoms with van der Waals surface area (Å²) in [5, 5.41) is 9.00. The van der Waals surface area contributed by atoms with E-state index < -0.39 is 0 Å². The van der Waals surface area contributed by atoms with Crippen LogP contribution in [0.25, 0.3) is 0 Å². The largest absolute Gasteiger partial charge is 0.456 e. The van der Waals surface area contributed by atoms with Crippen molar-refractivity contribution in [3.63, 3.8) is 0 Å². The van der Waals surface area contributed by atoms with Gasteiger partial charge >= 0.3 is 0 Å². The SMILES string of the molecule is Cc1ccc(C#N)c(Oc2cccc(C=O)c2)c1. The maximum Gasteiger partial charge on any atom is 0.150 e. The van der Waals surface area contributed by atoms with E-state index in [-0.39, 0.29) is 0 Å². The molecule has 0 saturated heterocycles. The summed E-state index contributed by atoms with van der Waals surface area (Å²) in [5.74, 6) is 1.04. The van der Waals surface area contributed by atoms with Crippen LogP contribution in [0.5, 0.6) is 11.5 Å². The lowest BCUT2D eigenvalue weighted by atomic mass is 10.1. The topological polar surface area (TPSA) is 50.1 Å². The van der Waals surface area contributed by atoms with Gasteiger partial charge in [0.05, 0.1) is 5.56 Å². The van der Waals surface area contributed by atoms with E-state index in [1.165, 1.54) is 0 Å². The van der Waals surface area contributed by atoms with Crippen LogP contribution in [0, 0.1) is 18.3 Å². The maximum absolute atomic E-state index is 10.7. The minimum atomic E-state index is 0.470. The number of aldehydes is 1. The van der Waals surface area contributed by atoms with Crippen molar-refractivity contribution in [1.29, 1.82) is 5.26 Å². The van der Waals surface area contributed by atoms with E-state index in [1.54, 1.807) is 36.4 Å². The van der Waals surface area contributed by atoms with Crippen LogP contribution in [0.15, 0.2) is 42.5 Å². The fourth-order valence-electron chi connectivity index (χ4n) is 1.58. The highest BCUT2D eigenvalue weighted by atomic mass is 16.5. The van der Waals surface area contributed by atoms with E-state index >= 15 is 0 Å². The van der Waals surface area contributed by atoms with Crippen molar-refractivity contribution in [2.24, 2.45) is 0 Å². The van der Waals surface area contributed by atoms with Gasteiger partial charge in [-0.25, -0.2) is 0 Å². The van der Waals surface area contributed by atoms with Gasteiger partial charge in [-0.15, -0.1) is 0 Å². The van der Waals surface area contributed by atoms with Gasteiger partial charge in [0.1, 0.15) is 23.9 Å². The second-order valence-electron chi connectivity index (χ2n) is 3.90. The van der Waals surface area contributed by atoms with Crippen LogP contribution in [0.1, 0.15) is 21.5 Å². The van der Waals surface area contributed by atoms with Crippen LogP contribution in [-0.4, -0.2) is 6.29 Å². The maximum atomic E-state index is 10.7. The van der Waals surface area contributed by atoms with Crippen molar-refractivity contribution in [2.45, 2.75) is 6.92 Å². The van der Waals surface area contributed by atoms with Crippen molar-refractivity contribution in [2.75, 3.05) is 0 Å². The molecule has 0 bridgehead atoms. The van der Waals surface area contributed by atoms with Gasteiger partial charge in [0.25, 0.3) is 0 Å². The Kier molecular flexibility index (Phi) is 3.40. The molecule has 18 heavy (non-hydrogen) atoms. The first-order valence-corrected chi connectivity index (χ1v) is 5.47. The number of rotatable bonds is 3. The number of carbonyl (C=O) groups excluding carboxylic acids is 1. The third-order valence-electron chi connectivity index (χ3n) is 2.48. The van der Waals surface area contributed by atoms with Crippen molar-refractivity contribution < 1.29 is 9.53 Å². The summed E-state index contributed by atoms with van der Waals surface area (Å²) in [4.78, 5) is 10.7. The zero-order valence-corrected chi connectivity index (χ0v) is 9.88. The van der Waals surface area contributed by atoms with Gasteiger partial charge in [-0.3, -0.25) is 4.79 Å². The number of benzene rings is 2. The molecule has 0 aliphatic rings. The minimum absolute atomic E-state index is 0.470. The van der Waals surface area contributed by atoms with E-state index in [0.717, 1.165) is 11.8 Å². The van der Waals surface area contributed by atoms with Gasteiger partial charge in [0, 0.05) is 5.56 Å². The molecule has 0 unspecified atom stereocenters. The molecule has 3 heteroatoms. The van der Waals surface area contributed by atoms with Crippen molar-refractivity contribution >= 4 is 6.29 Å². The Bertz CT molecular complexity index is 627. The summed E-state index contributed by atoms with van der Waals surface area (Å²) >= 11 is 0. The normalized spacial score (nSPS) is 9.56. The lowest BCUT2D eigenvalue weighted by Crippen LogP contribution is -1.90. The summed E-state index contributed by atoms with van der Waals surface area (Å²) in [6.45, 7) is 1.93. The van der Waals surface area contributed by atoms with Gasteiger partial charge < -0.3 is 4.74 Å². The molecule has 0 aliphatic carbocycles. The number of nitriles is 1. The van der Waals surface area contributed by atoms with Gasteiger partial charge in [-0.1, -0.05) is 18.2 Å². The lowest BCUT2D eigenvalue weighted by Gasteiger charge is -2.08. The Morgan fingerprint density at radius 1 is 1.22 bits per heavy atom. The Labute approximate surface area is 105 Å². The van der Waals surface area contributed by atoms with Crippen LogP contribution in [0.4, 0.5) is 0 Å². The summed E-state index contributed by atoms with van der Waals surface area (Å²) in [5.41, 5.74) is 2.02. The minimum Gasteiger partial charge on any atom is -0.456 e. The molecular weight excluding hydrogens is 226 g/mol. The molecule has 3 nitrogen and oxygen atoms in total. The van der Waals surface area contributed by atoms with Crippen molar-refractivity contribution in [3.8, 4) is 17.6 Å². The molecule has 2 rings (SSSR count). The zero-order valence-electron chi connectivity index (χ0n) is 9.88. The summed E-state index contributed by atoms with van der Waals surface area (Å²) in [7, 11) is 0. The standard InChI is InChI=1S/C15H11NO2/c1-11-5-6-13(9-16)15(7-11)18-14-4-2-3-12(8-14)10-17/h2-8,10H,1H3. The van der Waals surface area contributed by atoms with E-state index in [2.05, 4.69) is 6.07 Å². The fraction of sp³-hybridized carbons (Fsp3) is 0.0667. The molecule has 0 spiro atoms. The highest BCUT2D eigenvalue weighted by Crippen LogP contribution is 2.26. The molecule has 2 aromatic rings. The molecule has 88 valence electrons. The molecule has 0 aliphatic heterocycles. The first-order valence-electron chi connectivity index (χ1n) is 5.47. The smallest absolute Gasteiger partial charge is 0.150 e. The number of ether oxygens (including phenoxy) is 1. The molecule has 0 saturated carbocycles. The molecular formula is C15H11NO2. The van der Waals surface area contributed by atoms with E-state index in [1.807, 2.05) is 13.0 Å². The molecule has 0 heterocycles. The van der Waals surface area contributed by atoms with Crippen LogP contribution in [0.2, 0.25) is 0 Å². The second kappa shape index (κ2) is 5.15. The molecule has 0 N–H and O–H groups in total. The number of hydrogen-bond donors (Lipinski definition) is 0. The van der Waals surface area contributed by atoms with Gasteiger partial charge in [-0.05, 0) is 36.8 Å². The quantitative estimate of drug-likeness (QED) is 0.768. The van der Waals surface area contributed by atoms with E-state index in [9.17, 15) is 4.79 Å². The van der Waals surface area contributed by atoms with Crippen LogP contribution < -0.4 is 4.74 Å². The van der Waals surface area contributed by atoms with E-state index in [0.29, 0.717) is 22.6 Å². The number of hydrogen-bond acceptors (Lipinski definition) is 3. The predicted octanol–water partition coefficient (Wildman–Crippen LogP) is 3.47. The van der Waals surface area contributed by atoms with Crippen LogP contribution in [-0.2, 0) is 0 Å². The molecule has 0 radical (unpaired) electrons. The highest BCUT2D eigenvalue weighted by molar-refractivity contribution is 5.75. The lowest BCUT2D eigenvalue weighted by molar-refractivity contribution is 0.112. The second-order valence-corrected chi connectivity index (χ2v) is 3.90. The fourth-order valence-corrected chi connectivity index (χ4v) is 1.58. The third kappa shape index (κ3) is 2.55. The molecule has 0 amide bonds. The highest BCUT2D eigenvalue weighted by Gasteiger charge is 2.05. The van der Waals surface area contributed by atoms with Crippen LogP contribution >= 0.6 is 0 Å². The average Bonchev–Trinajstić information content (AvgIpc) is 2.39. The van der Waals surface area contributed by atoms with Crippen molar-refractivity contribution in [3.05, 3.63) is 59.2 Å². The van der Waals surface area contributed by atoms with Gasteiger partial charge in [0.2, 0.25) is 0 Å². The number of aryl methyl sites for hydroxylation is 1. The van der Waals surface area contributed by atoms with E-state index in [4.69, 9.17) is 10.00 Å². The molecule has 2 aromatic carbocycles. The molecule has 0 atom stereocenters. The molecule has 0 fully saturated rings. The summed E-state index contributed by atoms with van der Waals surface area (Å²) in [6, 6.07) is 14.3. The van der Waals surface area contributed by atoms with Gasteiger partial charge in [0.15, 0.2) is 0 Å². The van der Waals surface area contributed by atoms with Crippen LogP contribution in [0.3, 0.4) is 0 Å². The average molecular weight is 237 g/mol. The Morgan fingerprint density at radius 2 is 2.06 bits per heavy atom. The van der Waals surface area contributed by atoms with Crippen molar-refractivity contribution in [1.82, 2.24) is 0 Å². The summed E-state index contributed by atoms with van der Waals surface area (Å²) in [6.07, 6.45) is 0.758. The Morgan fingerprint density at radius 3 is 2.78 bits per heavy atom. The van der Waals surface area contributed by atoms with Gasteiger partial charge in [-0.2, -0.15) is 5.26 Å². The molecule has 0 aromatic heterocycles. The number of nitrogens with zero attached hydrogens (tertiary/aromatic N) is 1. The first-order chi connectivity index (χ1) is 8.72. The first kappa shape index (κ1) is 11.9. The number of carbonyl (C=O) groups is 1. The zero-order chi connectivity index (χ0) is 13.0.